The third kappa shape index (κ3) is 5.30. The molecule has 0 aliphatic carbocycles. The summed E-state index contributed by atoms with van der Waals surface area (Å²) in [5, 5.41) is 7.53. The summed E-state index contributed by atoms with van der Waals surface area (Å²) in [7, 11) is 0. The van der Waals surface area contributed by atoms with Crippen molar-refractivity contribution in [2.45, 2.75) is 22.7 Å². The van der Waals surface area contributed by atoms with Crippen molar-refractivity contribution < 1.29 is 9.18 Å². The minimum atomic E-state index is -0.305. The summed E-state index contributed by atoms with van der Waals surface area (Å²) in [6.45, 7) is 2.31. The molecule has 0 unspecified atom stereocenters. The number of amides is 2. The van der Waals surface area contributed by atoms with Gasteiger partial charge in [0.1, 0.15) is 5.82 Å². The minimum absolute atomic E-state index is 0.293. The lowest BCUT2D eigenvalue weighted by Crippen LogP contribution is -2.28. The Hall–Kier alpha value is -2.38. The minimum Gasteiger partial charge on any atom is -0.334 e. The number of carbonyl (C=O) groups is 1. The molecular formula is C18H16FN3OS2. The van der Waals surface area contributed by atoms with Gasteiger partial charge in [-0.3, -0.25) is 0 Å². The predicted octanol–water partition coefficient (Wildman–Crippen LogP) is 5.06. The zero-order valence-electron chi connectivity index (χ0n) is 13.5. The first kappa shape index (κ1) is 17.4. The number of halogens is 1. The van der Waals surface area contributed by atoms with E-state index in [2.05, 4.69) is 15.6 Å². The monoisotopic (exact) mass is 373 g/mol. The van der Waals surface area contributed by atoms with Crippen LogP contribution in [0, 0.1) is 12.7 Å². The summed E-state index contributed by atoms with van der Waals surface area (Å²) < 4.78 is 13.8. The Morgan fingerprint density at radius 2 is 1.88 bits per heavy atom. The number of carbonyl (C=O) groups excluding carboxylic acids is 1. The Balaban J connectivity index is 1.50. The van der Waals surface area contributed by atoms with Gasteiger partial charge in [-0.15, -0.1) is 11.3 Å². The van der Waals surface area contributed by atoms with Crippen LogP contribution in [0.15, 0.2) is 63.1 Å². The van der Waals surface area contributed by atoms with E-state index in [0.717, 1.165) is 20.5 Å². The highest BCUT2D eigenvalue weighted by Crippen LogP contribution is 2.30. The zero-order chi connectivity index (χ0) is 17.6. The van der Waals surface area contributed by atoms with Gasteiger partial charge >= 0.3 is 6.03 Å². The molecule has 0 bridgehead atoms. The number of urea groups is 1. The van der Waals surface area contributed by atoms with Crippen LogP contribution >= 0.6 is 23.1 Å². The second kappa shape index (κ2) is 8.13. The summed E-state index contributed by atoms with van der Waals surface area (Å²) in [5.74, 6) is -0.293. The third-order valence-corrected chi connectivity index (χ3v) is 5.35. The van der Waals surface area contributed by atoms with Crippen LogP contribution in [0.5, 0.6) is 0 Å². The van der Waals surface area contributed by atoms with Crippen LogP contribution in [-0.2, 0) is 6.54 Å². The van der Waals surface area contributed by atoms with Gasteiger partial charge in [0.15, 0.2) is 4.34 Å². The van der Waals surface area contributed by atoms with Crippen molar-refractivity contribution in [3.05, 3.63) is 71.0 Å². The van der Waals surface area contributed by atoms with Crippen molar-refractivity contribution in [3.8, 4) is 0 Å². The second-order valence-electron chi connectivity index (χ2n) is 5.32. The number of aromatic nitrogens is 1. The molecule has 3 aromatic rings. The van der Waals surface area contributed by atoms with Crippen molar-refractivity contribution in [2.24, 2.45) is 0 Å². The predicted molar refractivity (Wildman–Crippen MR) is 99.7 cm³/mol. The molecule has 1 aromatic heterocycles. The van der Waals surface area contributed by atoms with Gasteiger partial charge in [-0.1, -0.05) is 23.9 Å². The van der Waals surface area contributed by atoms with E-state index in [0.29, 0.717) is 12.2 Å². The molecule has 0 spiro atoms. The van der Waals surface area contributed by atoms with E-state index in [-0.39, 0.29) is 11.8 Å². The van der Waals surface area contributed by atoms with Crippen LogP contribution < -0.4 is 10.6 Å². The normalized spacial score (nSPS) is 10.5. The molecule has 2 aromatic carbocycles. The maximum absolute atomic E-state index is 12.8. The zero-order valence-corrected chi connectivity index (χ0v) is 15.1. The van der Waals surface area contributed by atoms with Gasteiger partial charge in [0, 0.05) is 28.2 Å². The molecule has 0 radical (unpaired) electrons. The van der Waals surface area contributed by atoms with E-state index >= 15 is 0 Å². The lowest BCUT2D eigenvalue weighted by Gasteiger charge is -2.08. The molecule has 0 saturated heterocycles. The standard InChI is InChI=1S/C18H16FN3OS2/c1-12-11-24-18(21-12)25-16-8-6-15(7-9-16)22-17(23)20-10-13-2-4-14(19)5-3-13/h2-9,11H,10H2,1H3,(H2,20,22,23). The number of benzene rings is 2. The Morgan fingerprint density at radius 3 is 2.52 bits per heavy atom. The number of hydrogen-bond donors (Lipinski definition) is 2. The smallest absolute Gasteiger partial charge is 0.319 e. The van der Waals surface area contributed by atoms with E-state index in [1.807, 2.05) is 36.6 Å². The number of hydrogen-bond acceptors (Lipinski definition) is 4. The molecule has 7 heteroatoms. The average Bonchev–Trinajstić information content (AvgIpc) is 3.01. The highest BCUT2D eigenvalue weighted by Gasteiger charge is 2.04. The van der Waals surface area contributed by atoms with Crippen molar-refractivity contribution in [1.82, 2.24) is 10.3 Å². The van der Waals surface area contributed by atoms with Crippen LogP contribution in [0.3, 0.4) is 0 Å². The fourth-order valence-corrected chi connectivity index (χ4v) is 3.86. The van der Waals surface area contributed by atoms with Crippen LogP contribution in [0.25, 0.3) is 0 Å². The molecule has 2 amide bonds. The van der Waals surface area contributed by atoms with Crippen LogP contribution in [0.1, 0.15) is 11.3 Å². The van der Waals surface area contributed by atoms with Gasteiger partial charge in [-0.2, -0.15) is 0 Å². The summed E-state index contributed by atoms with van der Waals surface area (Å²) in [5.41, 5.74) is 2.56. The molecule has 0 aliphatic heterocycles. The fourth-order valence-electron chi connectivity index (χ4n) is 2.05. The van der Waals surface area contributed by atoms with Crippen molar-refractivity contribution in [2.75, 3.05) is 5.32 Å². The largest absolute Gasteiger partial charge is 0.334 e. The van der Waals surface area contributed by atoms with Crippen molar-refractivity contribution >= 4 is 34.8 Å². The molecule has 1 heterocycles. The Bertz CT molecular complexity index is 848. The van der Waals surface area contributed by atoms with E-state index < -0.39 is 0 Å². The second-order valence-corrected chi connectivity index (χ2v) is 7.49. The van der Waals surface area contributed by atoms with E-state index in [1.54, 1.807) is 35.2 Å². The summed E-state index contributed by atoms with van der Waals surface area (Å²) in [4.78, 5) is 17.4. The maximum atomic E-state index is 12.8. The highest BCUT2D eigenvalue weighted by molar-refractivity contribution is 8.01. The first-order valence-corrected chi connectivity index (χ1v) is 9.27. The quantitative estimate of drug-likeness (QED) is 0.657. The molecule has 0 atom stereocenters. The topological polar surface area (TPSA) is 54.0 Å². The van der Waals surface area contributed by atoms with Gasteiger partial charge < -0.3 is 10.6 Å². The van der Waals surface area contributed by atoms with Gasteiger partial charge in [-0.25, -0.2) is 14.2 Å². The van der Waals surface area contributed by atoms with Gasteiger partial charge in [0.05, 0.1) is 0 Å². The molecule has 25 heavy (non-hydrogen) atoms. The first-order valence-electron chi connectivity index (χ1n) is 7.58. The third-order valence-electron chi connectivity index (χ3n) is 3.28. The lowest BCUT2D eigenvalue weighted by molar-refractivity contribution is 0.251. The molecule has 0 fully saturated rings. The molecule has 0 saturated carbocycles. The van der Waals surface area contributed by atoms with E-state index in [4.69, 9.17) is 0 Å². The van der Waals surface area contributed by atoms with E-state index in [9.17, 15) is 9.18 Å². The SMILES string of the molecule is Cc1csc(Sc2ccc(NC(=O)NCc3ccc(F)cc3)cc2)n1. The molecular weight excluding hydrogens is 357 g/mol. The Labute approximate surface area is 153 Å². The van der Waals surface area contributed by atoms with Crippen LogP contribution in [0.2, 0.25) is 0 Å². The number of aryl methyl sites for hydroxylation is 1. The van der Waals surface area contributed by atoms with Gasteiger partial charge in [0.2, 0.25) is 0 Å². The molecule has 2 N–H and O–H groups in total. The summed E-state index contributed by atoms with van der Waals surface area (Å²) >= 11 is 3.21. The van der Waals surface area contributed by atoms with Crippen molar-refractivity contribution in [3.63, 3.8) is 0 Å². The molecule has 0 aliphatic rings. The Morgan fingerprint density at radius 1 is 1.16 bits per heavy atom. The Kier molecular flexibility index (Phi) is 5.67. The highest BCUT2D eigenvalue weighted by atomic mass is 32.2. The van der Waals surface area contributed by atoms with E-state index in [1.165, 1.54) is 12.1 Å². The van der Waals surface area contributed by atoms with Gasteiger partial charge in [-0.05, 0) is 48.9 Å². The summed E-state index contributed by atoms with van der Waals surface area (Å²) in [6, 6.07) is 13.3. The number of rotatable bonds is 5. The van der Waals surface area contributed by atoms with Crippen LogP contribution in [-0.4, -0.2) is 11.0 Å². The number of anilines is 1. The molecule has 4 nitrogen and oxygen atoms in total. The lowest BCUT2D eigenvalue weighted by atomic mass is 10.2. The van der Waals surface area contributed by atoms with Crippen molar-refractivity contribution in [1.29, 1.82) is 0 Å². The first-order chi connectivity index (χ1) is 12.1. The maximum Gasteiger partial charge on any atom is 0.319 e. The summed E-state index contributed by atoms with van der Waals surface area (Å²) in [6.07, 6.45) is 0. The number of thiazole rings is 1. The number of nitrogens with one attached hydrogen (secondary N) is 2. The molecule has 128 valence electrons. The fraction of sp³-hybridized carbons (Fsp3) is 0.111. The number of nitrogens with zero attached hydrogens (tertiary/aromatic N) is 1. The van der Waals surface area contributed by atoms with Gasteiger partial charge in [0.25, 0.3) is 0 Å². The van der Waals surface area contributed by atoms with Crippen LogP contribution in [0.4, 0.5) is 14.9 Å². The average molecular weight is 373 g/mol. The molecule has 3 rings (SSSR count).